The van der Waals surface area contributed by atoms with Gasteiger partial charge in [0.05, 0.1) is 17.4 Å². The Morgan fingerprint density at radius 1 is 1.09 bits per heavy atom. The highest BCUT2D eigenvalue weighted by Crippen LogP contribution is 2.27. The molecule has 114 valence electrons. The largest absolute Gasteiger partial charge is 0.374 e. The summed E-state index contributed by atoms with van der Waals surface area (Å²) in [6.07, 6.45) is 1.78. The van der Waals surface area contributed by atoms with Crippen molar-refractivity contribution in [3.63, 3.8) is 0 Å². The standard InChI is InChI=1S/C16H12FN5S/c17-12-4-1-10(2-5-12)8-22-9-19-13-6-3-11(7-14(13)22)15-20-21-16(18)23-15/h1-7,9H,8H2,(H2,18,21). The Kier molecular flexibility index (Phi) is 3.27. The van der Waals surface area contributed by atoms with Gasteiger partial charge in [0.25, 0.3) is 0 Å². The molecule has 0 saturated heterocycles. The van der Waals surface area contributed by atoms with E-state index in [-0.39, 0.29) is 5.82 Å². The summed E-state index contributed by atoms with van der Waals surface area (Å²) in [7, 11) is 0. The first kappa shape index (κ1) is 13.8. The number of fused-ring (bicyclic) bond motifs is 1. The van der Waals surface area contributed by atoms with E-state index < -0.39 is 0 Å². The summed E-state index contributed by atoms with van der Waals surface area (Å²) in [6, 6.07) is 12.4. The minimum absolute atomic E-state index is 0.236. The molecule has 2 aromatic heterocycles. The lowest BCUT2D eigenvalue weighted by atomic mass is 10.2. The van der Waals surface area contributed by atoms with Crippen LogP contribution in [-0.2, 0) is 6.54 Å². The van der Waals surface area contributed by atoms with Gasteiger partial charge in [-0.15, -0.1) is 10.2 Å². The fourth-order valence-electron chi connectivity index (χ4n) is 2.45. The predicted molar refractivity (Wildman–Crippen MR) is 88.6 cm³/mol. The molecule has 23 heavy (non-hydrogen) atoms. The highest BCUT2D eigenvalue weighted by atomic mass is 32.1. The SMILES string of the molecule is Nc1nnc(-c2ccc3ncn(Cc4ccc(F)cc4)c3c2)s1. The first-order valence-electron chi connectivity index (χ1n) is 6.98. The molecule has 0 atom stereocenters. The van der Waals surface area contributed by atoms with Crippen LogP contribution in [0.1, 0.15) is 5.56 Å². The first-order chi connectivity index (χ1) is 11.2. The van der Waals surface area contributed by atoms with Crippen LogP contribution >= 0.6 is 11.3 Å². The minimum Gasteiger partial charge on any atom is -0.374 e. The predicted octanol–water partition coefficient (Wildman–Crippen LogP) is 3.32. The van der Waals surface area contributed by atoms with E-state index in [1.807, 2.05) is 22.8 Å². The first-order valence-corrected chi connectivity index (χ1v) is 7.79. The Labute approximate surface area is 135 Å². The van der Waals surface area contributed by atoms with Crippen molar-refractivity contribution in [2.75, 3.05) is 5.73 Å². The lowest BCUT2D eigenvalue weighted by molar-refractivity contribution is 0.626. The van der Waals surface area contributed by atoms with E-state index >= 15 is 0 Å². The van der Waals surface area contributed by atoms with E-state index in [1.165, 1.54) is 23.5 Å². The molecule has 4 aromatic rings. The van der Waals surface area contributed by atoms with Crippen molar-refractivity contribution in [3.8, 4) is 10.6 Å². The monoisotopic (exact) mass is 325 g/mol. The molecule has 2 N–H and O–H groups in total. The summed E-state index contributed by atoms with van der Waals surface area (Å²) in [6.45, 7) is 0.624. The Hall–Kier alpha value is -2.80. The van der Waals surface area contributed by atoms with Gasteiger partial charge in [-0.3, -0.25) is 0 Å². The number of halogens is 1. The van der Waals surface area contributed by atoms with Crippen molar-refractivity contribution >= 4 is 27.5 Å². The normalized spacial score (nSPS) is 11.2. The van der Waals surface area contributed by atoms with Crippen LogP contribution in [0.25, 0.3) is 21.6 Å². The van der Waals surface area contributed by atoms with Crippen molar-refractivity contribution in [2.45, 2.75) is 6.54 Å². The molecule has 2 heterocycles. The Bertz CT molecular complexity index is 974. The topological polar surface area (TPSA) is 69.6 Å². The van der Waals surface area contributed by atoms with Crippen LogP contribution in [0.15, 0.2) is 48.8 Å². The van der Waals surface area contributed by atoms with Crippen LogP contribution in [0.4, 0.5) is 9.52 Å². The van der Waals surface area contributed by atoms with Crippen molar-refractivity contribution in [3.05, 3.63) is 60.2 Å². The fourth-order valence-corrected chi connectivity index (χ4v) is 3.06. The van der Waals surface area contributed by atoms with Crippen LogP contribution in [0.2, 0.25) is 0 Å². The maximum absolute atomic E-state index is 13.0. The fraction of sp³-hybridized carbons (Fsp3) is 0.0625. The number of hydrogen-bond donors (Lipinski definition) is 1. The minimum atomic E-state index is -0.236. The van der Waals surface area contributed by atoms with Gasteiger partial charge in [-0.1, -0.05) is 23.5 Å². The number of nitrogens with two attached hydrogens (primary N) is 1. The molecular weight excluding hydrogens is 313 g/mol. The summed E-state index contributed by atoms with van der Waals surface area (Å²) in [5.41, 5.74) is 9.49. The smallest absolute Gasteiger partial charge is 0.203 e. The van der Waals surface area contributed by atoms with Crippen LogP contribution in [0.5, 0.6) is 0 Å². The second kappa shape index (κ2) is 5.44. The maximum atomic E-state index is 13.0. The van der Waals surface area contributed by atoms with E-state index in [0.29, 0.717) is 11.7 Å². The molecule has 0 amide bonds. The molecule has 7 heteroatoms. The Morgan fingerprint density at radius 2 is 1.91 bits per heavy atom. The number of anilines is 1. The van der Waals surface area contributed by atoms with E-state index in [0.717, 1.165) is 27.2 Å². The van der Waals surface area contributed by atoms with Crippen LogP contribution < -0.4 is 5.73 Å². The summed E-state index contributed by atoms with van der Waals surface area (Å²) in [4.78, 5) is 4.40. The lowest BCUT2D eigenvalue weighted by Gasteiger charge is -2.05. The third-order valence-electron chi connectivity index (χ3n) is 3.57. The molecule has 0 aliphatic rings. The van der Waals surface area contributed by atoms with Gasteiger partial charge in [0.15, 0.2) is 0 Å². The molecule has 2 aromatic carbocycles. The molecule has 4 rings (SSSR count). The van der Waals surface area contributed by atoms with E-state index in [2.05, 4.69) is 15.2 Å². The summed E-state index contributed by atoms with van der Waals surface area (Å²) >= 11 is 1.35. The molecule has 0 spiro atoms. The van der Waals surface area contributed by atoms with Crippen LogP contribution in [0.3, 0.4) is 0 Å². The van der Waals surface area contributed by atoms with Crippen molar-refractivity contribution < 1.29 is 4.39 Å². The van der Waals surface area contributed by atoms with Gasteiger partial charge in [-0.05, 0) is 35.9 Å². The quantitative estimate of drug-likeness (QED) is 0.627. The van der Waals surface area contributed by atoms with Gasteiger partial charge in [0.1, 0.15) is 10.8 Å². The zero-order valence-corrected chi connectivity index (χ0v) is 12.8. The molecule has 0 radical (unpaired) electrons. The molecule has 0 aliphatic heterocycles. The highest BCUT2D eigenvalue weighted by molar-refractivity contribution is 7.18. The van der Waals surface area contributed by atoms with Gasteiger partial charge < -0.3 is 10.3 Å². The van der Waals surface area contributed by atoms with E-state index in [4.69, 9.17) is 5.73 Å². The third kappa shape index (κ3) is 2.66. The average molecular weight is 325 g/mol. The molecule has 0 unspecified atom stereocenters. The molecule has 0 saturated carbocycles. The highest BCUT2D eigenvalue weighted by Gasteiger charge is 2.09. The molecule has 5 nitrogen and oxygen atoms in total. The lowest BCUT2D eigenvalue weighted by Crippen LogP contribution is -1.98. The Morgan fingerprint density at radius 3 is 2.65 bits per heavy atom. The van der Waals surface area contributed by atoms with Gasteiger partial charge in [-0.25, -0.2) is 9.37 Å². The maximum Gasteiger partial charge on any atom is 0.203 e. The summed E-state index contributed by atoms with van der Waals surface area (Å²) < 4.78 is 15.0. The van der Waals surface area contributed by atoms with E-state index in [9.17, 15) is 4.39 Å². The zero-order chi connectivity index (χ0) is 15.8. The molecule has 0 bridgehead atoms. The average Bonchev–Trinajstić information content (AvgIpc) is 3.16. The van der Waals surface area contributed by atoms with Gasteiger partial charge in [0.2, 0.25) is 5.13 Å². The number of nitrogens with zero attached hydrogens (tertiary/aromatic N) is 4. The third-order valence-corrected chi connectivity index (χ3v) is 4.38. The number of rotatable bonds is 3. The molecular formula is C16H12FN5S. The zero-order valence-electron chi connectivity index (χ0n) is 12.0. The number of aromatic nitrogens is 4. The number of nitrogen functional groups attached to an aromatic ring is 1. The van der Waals surface area contributed by atoms with E-state index in [1.54, 1.807) is 18.5 Å². The molecule has 0 fully saturated rings. The van der Waals surface area contributed by atoms with Gasteiger partial charge in [-0.2, -0.15) is 0 Å². The summed E-state index contributed by atoms with van der Waals surface area (Å²) in [5, 5.41) is 9.14. The number of benzene rings is 2. The van der Waals surface area contributed by atoms with Crippen molar-refractivity contribution in [2.24, 2.45) is 0 Å². The van der Waals surface area contributed by atoms with Crippen molar-refractivity contribution in [1.29, 1.82) is 0 Å². The Balaban J connectivity index is 1.74. The number of imidazole rings is 1. The van der Waals surface area contributed by atoms with Gasteiger partial charge in [0, 0.05) is 12.1 Å². The second-order valence-electron chi connectivity index (χ2n) is 5.15. The molecule has 0 aliphatic carbocycles. The second-order valence-corrected chi connectivity index (χ2v) is 6.16. The van der Waals surface area contributed by atoms with Crippen LogP contribution in [0, 0.1) is 5.82 Å². The van der Waals surface area contributed by atoms with Crippen LogP contribution in [-0.4, -0.2) is 19.7 Å². The van der Waals surface area contributed by atoms with Gasteiger partial charge >= 0.3 is 0 Å². The summed E-state index contributed by atoms with van der Waals surface area (Å²) in [5.74, 6) is -0.236. The van der Waals surface area contributed by atoms with Crippen molar-refractivity contribution in [1.82, 2.24) is 19.7 Å². The number of hydrogen-bond acceptors (Lipinski definition) is 5.